The van der Waals surface area contributed by atoms with Crippen molar-refractivity contribution >= 4 is 5.82 Å². The molecular weight excluding hydrogens is 292 g/mol. The van der Waals surface area contributed by atoms with Crippen LogP contribution >= 0.6 is 0 Å². The molecule has 0 saturated carbocycles. The van der Waals surface area contributed by atoms with Crippen molar-refractivity contribution in [2.45, 2.75) is 25.6 Å². The fraction of sp³-hybridized carbons (Fsp3) is 0.471. The Morgan fingerprint density at radius 1 is 1.17 bits per heavy atom. The molecule has 23 heavy (non-hydrogen) atoms. The molecule has 0 aromatic carbocycles. The normalized spacial score (nSPS) is 19.6. The highest BCUT2D eigenvalue weighted by molar-refractivity contribution is 5.57. The highest BCUT2D eigenvalue weighted by atomic mass is 16.7. The first-order valence-electron chi connectivity index (χ1n) is 8.09. The molecule has 0 atom stereocenters. The Kier molecular flexibility index (Phi) is 3.71. The standard InChI is InChI=1S/C17H20N4O2/c1-2-14-11-15(20-16(19-14)13-3-6-18-7-4-13)21-8-5-17(12-21)22-9-10-23-17/h3-4,6-7,11H,2,5,8-10,12H2,1H3. The number of rotatable bonds is 3. The fourth-order valence-corrected chi connectivity index (χ4v) is 3.14. The summed E-state index contributed by atoms with van der Waals surface area (Å²) in [6.07, 6.45) is 5.28. The highest BCUT2D eigenvalue weighted by Gasteiger charge is 2.43. The topological polar surface area (TPSA) is 60.4 Å². The maximum Gasteiger partial charge on any atom is 0.187 e. The van der Waals surface area contributed by atoms with Crippen molar-refractivity contribution in [1.29, 1.82) is 0 Å². The summed E-state index contributed by atoms with van der Waals surface area (Å²) in [5, 5.41) is 0. The smallest absolute Gasteiger partial charge is 0.187 e. The van der Waals surface area contributed by atoms with Crippen molar-refractivity contribution in [1.82, 2.24) is 15.0 Å². The highest BCUT2D eigenvalue weighted by Crippen LogP contribution is 2.33. The second-order valence-electron chi connectivity index (χ2n) is 5.91. The van der Waals surface area contributed by atoms with Crippen LogP contribution in [0.5, 0.6) is 0 Å². The first-order valence-corrected chi connectivity index (χ1v) is 8.09. The number of hydrogen-bond acceptors (Lipinski definition) is 6. The van der Waals surface area contributed by atoms with Crippen molar-refractivity contribution in [3.8, 4) is 11.4 Å². The van der Waals surface area contributed by atoms with Crippen molar-refractivity contribution in [3.05, 3.63) is 36.3 Å². The van der Waals surface area contributed by atoms with Crippen LogP contribution in [-0.4, -0.2) is 47.0 Å². The quantitative estimate of drug-likeness (QED) is 0.864. The molecule has 4 rings (SSSR count). The Morgan fingerprint density at radius 2 is 1.96 bits per heavy atom. The van der Waals surface area contributed by atoms with E-state index in [9.17, 15) is 0 Å². The molecule has 0 radical (unpaired) electrons. The Morgan fingerprint density at radius 3 is 2.70 bits per heavy atom. The van der Waals surface area contributed by atoms with Gasteiger partial charge in [-0.15, -0.1) is 0 Å². The van der Waals surface area contributed by atoms with Gasteiger partial charge in [-0.1, -0.05) is 6.92 Å². The van der Waals surface area contributed by atoms with Crippen LogP contribution in [0.3, 0.4) is 0 Å². The van der Waals surface area contributed by atoms with Gasteiger partial charge in [0.1, 0.15) is 5.82 Å². The first kappa shape index (κ1) is 14.5. The molecular formula is C17H20N4O2. The van der Waals surface area contributed by atoms with Gasteiger partial charge in [0, 0.05) is 42.7 Å². The van der Waals surface area contributed by atoms with E-state index in [-0.39, 0.29) is 0 Å². The minimum Gasteiger partial charge on any atom is -0.351 e. The van der Waals surface area contributed by atoms with E-state index in [0.717, 1.165) is 48.8 Å². The van der Waals surface area contributed by atoms with E-state index in [4.69, 9.17) is 14.5 Å². The van der Waals surface area contributed by atoms with E-state index in [1.807, 2.05) is 12.1 Å². The van der Waals surface area contributed by atoms with Gasteiger partial charge < -0.3 is 14.4 Å². The lowest BCUT2D eigenvalue weighted by Crippen LogP contribution is -2.34. The number of pyridine rings is 1. The molecule has 0 unspecified atom stereocenters. The molecule has 1 spiro atoms. The van der Waals surface area contributed by atoms with Crippen LogP contribution in [-0.2, 0) is 15.9 Å². The molecule has 2 aromatic heterocycles. The molecule has 2 fully saturated rings. The van der Waals surface area contributed by atoms with E-state index >= 15 is 0 Å². The third kappa shape index (κ3) is 2.80. The summed E-state index contributed by atoms with van der Waals surface area (Å²) in [6.45, 7) is 5.08. The van der Waals surface area contributed by atoms with Gasteiger partial charge in [-0.3, -0.25) is 4.98 Å². The van der Waals surface area contributed by atoms with E-state index in [1.54, 1.807) is 12.4 Å². The van der Waals surface area contributed by atoms with Gasteiger partial charge >= 0.3 is 0 Å². The second kappa shape index (κ2) is 5.86. The Labute approximate surface area is 135 Å². The predicted octanol–water partition coefficient (Wildman–Crippen LogP) is 2.05. The number of anilines is 1. The lowest BCUT2D eigenvalue weighted by Gasteiger charge is -2.23. The molecule has 2 aliphatic heterocycles. The second-order valence-corrected chi connectivity index (χ2v) is 5.91. The van der Waals surface area contributed by atoms with Gasteiger partial charge in [0.05, 0.1) is 19.8 Å². The van der Waals surface area contributed by atoms with E-state index in [0.29, 0.717) is 13.2 Å². The first-order chi connectivity index (χ1) is 11.3. The lowest BCUT2D eigenvalue weighted by atomic mass is 10.2. The molecule has 2 aromatic rings. The average molecular weight is 312 g/mol. The maximum absolute atomic E-state index is 5.81. The van der Waals surface area contributed by atoms with E-state index < -0.39 is 5.79 Å². The summed E-state index contributed by atoms with van der Waals surface area (Å²) < 4.78 is 11.6. The van der Waals surface area contributed by atoms with E-state index in [2.05, 4.69) is 27.9 Å². The summed E-state index contributed by atoms with van der Waals surface area (Å²) in [5.41, 5.74) is 2.02. The van der Waals surface area contributed by atoms with Gasteiger partial charge in [0.15, 0.2) is 11.6 Å². The maximum atomic E-state index is 5.81. The van der Waals surface area contributed by atoms with Crippen LogP contribution in [0, 0.1) is 0 Å². The monoisotopic (exact) mass is 312 g/mol. The average Bonchev–Trinajstić information content (AvgIpc) is 3.25. The minimum absolute atomic E-state index is 0.436. The van der Waals surface area contributed by atoms with Gasteiger partial charge in [-0.05, 0) is 18.6 Å². The van der Waals surface area contributed by atoms with Crippen LogP contribution in [0.2, 0.25) is 0 Å². The van der Waals surface area contributed by atoms with E-state index in [1.165, 1.54) is 0 Å². The number of aryl methyl sites for hydroxylation is 1. The summed E-state index contributed by atoms with van der Waals surface area (Å²) >= 11 is 0. The predicted molar refractivity (Wildman–Crippen MR) is 86.1 cm³/mol. The molecule has 0 N–H and O–H groups in total. The van der Waals surface area contributed by atoms with Crippen LogP contribution in [0.1, 0.15) is 19.0 Å². The van der Waals surface area contributed by atoms with Crippen LogP contribution in [0.15, 0.2) is 30.6 Å². The van der Waals surface area contributed by atoms with Crippen molar-refractivity contribution in [2.24, 2.45) is 0 Å². The molecule has 0 bridgehead atoms. The Bertz CT molecular complexity index is 686. The number of nitrogens with zero attached hydrogens (tertiary/aromatic N) is 4. The number of aromatic nitrogens is 3. The minimum atomic E-state index is -0.436. The summed E-state index contributed by atoms with van der Waals surface area (Å²) in [6, 6.07) is 5.94. The molecule has 6 heteroatoms. The fourth-order valence-electron chi connectivity index (χ4n) is 3.14. The van der Waals surface area contributed by atoms with Gasteiger partial charge in [-0.25, -0.2) is 9.97 Å². The Balaban J connectivity index is 1.66. The number of ether oxygens (including phenoxy) is 2. The number of hydrogen-bond donors (Lipinski definition) is 0. The third-order valence-electron chi connectivity index (χ3n) is 4.40. The third-order valence-corrected chi connectivity index (χ3v) is 4.40. The van der Waals surface area contributed by atoms with Crippen molar-refractivity contribution in [2.75, 3.05) is 31.2 Å². The molecule has 0 aliphatic carbocycles. The molecule has 120 valence electrons. The zero-order valence-corrected chi connectivity index (χ0v) is 13.2. The van der Waals surface area contributed by atoms with Crippen LogP contribution in [0.4, 0.5) is 5.82 Å². The molecule has 2 saturated heterocycles. The molecule has 6 nitrogen and oxygen atoms in total. The van der Waals surface area contributed by atoms with Crippen LogP contribution < -0.4 is 4.90 Å². The van der Waals surface area contributed by atoms with Crippen molar-refractivity contribution < 1.29 is 9.47 Å². The lowest BCUT2D eigenvalue weighted by molar-refractivity contribution is -0.137. The molecule has 4 heterocycles. The van der Waals surface area contributed by atoms with Gasteiger partial charge in [0.25, 0.3) is 0 Å². The van der Waals surface area contributed by atoms with Gasteiger partial charge in [0.2, 0.25) is 0 Å². The molecule has 0 amide bonds. The zero-order chi connectivity index (χ0) is 15.7. The SMILES string of the molecule is CCc1cc(N2CCC3(C2)OCCO3)nc(-c2ccncc2)n1. The van der Waals surface area contributed by atoms with Gasteiger partial charge in [-0.2, -0.15) is 0 Å². The zero-order valence-electron chi connectivity index (χ0n) is 13.2. The largest absolute Gasteiger partial charge is 0.351 e. The summed E-state index contributed by atoms with van der Waals surface area (Å²) in [7, 11) is 0. The summed E-state index contributed by atoms with van der Waals surface area (Å²) in [4.78, 5) is 15.7. The summed E-state index contributed by atoms with van der Waals surface area (Å²) in [5.74, 6) is 1.25. The Hall–Kier alpha value is -2.05. The molecule has 2 aliphatic rings. The van der Waals surface area contributed by atoms with Crippen LogP contribution in [0.25, 0.3) is 11.4 Å². The van der Waals surface area contributed by atoms with Crippen molar-refractivity contribution in [3.63, 3.8) is 0 Å².